The maximum absolute atomic E-state index is 12.2. The molecule has 0 atom stereocenters. The zero-order valence-corrected chi connectivity index (χ0v) is 12.5. The number of rotatable bonds is 4. The van der Waals surface area contributed by atoms with Gasteiger partial charge in [0, 0.05) is 10.7 Å². The number of hydrogen-bond donors (Lipinski definition) is 2. The Kier molecular flexibility index (Phi) is 4.54. The molecule has 21 heavy (non-hydrogen) atoms. The SMILES string of the molecule is COc1ccc(Br)c(C(=O)Nc2ncccc2C(=O)O)c1. The number of pyridine rings is 1. The zero-order valence-electron chi connectivity index (χ0n) is 11.0. The molecule has 1 amide bonds. The van der Waals surface area contributed by atoms with Crippen LogP contribution in [0.3, 0.4) is 0 Å². The second kappa shape index (κ2) is 6.36. The van der Waals surface area contributed by atoms with E-state index in [2.05, 4.69) is 26.2 Å². The summed E-state index contributed by atoms with van der Waals surface area (Å²) in [5.41, 5.74) is 0.237. The quantitative estimate of drug-likeness (QED) is 0.884. The summed E-state index contributed by atoms with van der Waals surface area (Å²) >= 11 is 3.27. The molecule has 2 rings (SSSR count). The summed E-state index contributed by atoms with van der Waals surface area (Å²) < 4.78 is 5.63. The summed E-state index contributed by atoms with van der Waals surface area (Å²) in [5.74, 6) is -1.14. The molecule has 0 aliphatic carbocycles. The molecule has 0 unspecified atom stereocenters. The molecule has 2 N–H and O–H groups in total. The lowest BCUT2D eigenvalue weighted by Crippen LogP contribution is -2.16. The number of carboxylic acids is 1. The van der Waals surface area contributed by atoms with Gasteiger partial charge in [-0.25, -0.2) is 9.78 Å². The average molecular weight is 351 g/mol. The number of carbonyl (C=O) groups is 2. The third kappa shape index (κ3) is 3.38. The first-order valence-corrected chi connectivity index (χ1v) is 6.65. The molecule has 2 aromatic rings. The van der Waals surface area contributed by atoms with Gasteiger partial charge < -0.3 is 15.2 Å². The number of methoxy groups -OCH3 is 1. The molecule has 0 radical (unpaired) electrons. The van der Waals surface area contributed by atoms with Crippen molar-refractivity contribution >= 4 is 33.6 Å². The Balaban J connectivity index is 2.33. The van der Waals surface area contributed by atoms with Crippen molar-refractivity contribution in [1.82, 2.24) is 4.98 Å². The average Bonchev–Trinajstić information content (AvgIpc) is 2.48. The summed E-state index contributed by atoms with van der Waals surface area (Å²) in [6, 6.07) is 7.77. The Bertz CT molecular complexity index is 703. The highest BCUT2D eigenvalue weighted by molar-refractivity contribution is 9.10. The summed E-state index contributed by atoms with van der Waals surface area (Å²) in [7, 11) is 1.49. The summed E-state index contributed by atoms with van der Waals surface area (Å²) in [6.07, 6.45) is 1.41. The lowest BCUT2D eigenvalue weighted by molar-refractivity contribution is 0.0697. The molecule has 108 valence electrons. The maximum Gasteiger partial charge on any atom is 0.339 e. The van der Waals surface area contributed by atoms with Crippen LogP contribution in [-0.2, 0) is 0 Å². The molecule has 0 saturated heterocycles. The smallest absolute Gasteiger partial charge is 0.339 e. The van der Waals surface area contributed by atoms with Gasteiger partial charge in [0.15, 0.2) is 0 Å². The first-order chi connectivity index (χ1) is 10.0. The predicted octanol–water partition coefficient (Wildman–Crippen LogP) is 2.80. The molecule has 7 heteroatoms. The molecular weight excluding hydrogens is 340 g/mol. The van der Waals surface area contributed by atoms with Gasteiger partial charge in [-0.05, 0) is 46.3 Å². The summed E-state index contributed by atoms with van der Waals surface area (Å²) in [6.45, 7) is 0. The highest BCUT2D eigenvalue weighted by Crippen LogP contribution is 2.23. The maximum atomic E-state index is 12.2. The standard InChI is InChI=1S/C14H11BrN2O4/c1-21-8-4-5-11(15)10(7-8)13(18)17-12-9(14(19)20)3-2-6-16-12/h2-7H,1H3,(H,19,20)(H,16,17,18). The van der Waals surface area contributed by atoms with Gasteiger partial charge in [0.1, 0.15) is 17.1 Å². The number of nitrogens with zero attached hydrogens (tertiary/aromatic N) is 1. The number of carbonyl (C=O) groups excluding carboxylic acids is 1. The Morgan fingerprint density at radius 3 is 2.71 bits per heavy atom. The molecule has 1 heterocycles. The van der Waals surface area contributed by atoms with Crippen molar-refractivity contribution in [1.29, 1.82) is 0 Å². The van der Waals surface area contributed by atoms with E-state index < -0.39 is 11.9 Å². The van der Waals surface area contributed by atoms with Gasteiger partial charge in [-0.15, -0.1) is 0 Å². The minimum absolute atomic E-state index is 0.00952. The molecular formula is C14H11BrN2O4. The molecule has 0 saturated carbocycles. The van der Waals surface area contributed by atoms with E-state index >= 15 is 0 Å². The summed E-state index contributed by atoms with van der Waals surface area (Å²) in [4.78, 5) is 27.2. The third-order valence-corrected chi connectivity index (χ3v) is 3.38. The van der Waals surface area contributed by atoms with Crippen molar-refractivity contribution in [2.45, 2.75) is 0 Å². The van der Waals surface area contributed by atoms with Crippen molar-refractivity contribution in [2.75, 3.05) is 12.4 Å². The van der Waals surface area contributed by atoms with Gasteiger partial charge >= 0.3 is 5.97 Å². The minimum atomic E-state index is -1.16. The molecule has 0 spiro atoms. The first-order valence-electron chi connectivity index (χ1n) is 5.86. The fourth-order valence-corrected chi connectivity index (χ4v) is 2.08. The molecule has 1 aromatic heterocycles. The van der Waals surface area contributed by atoms with E-state index in [0.717, 1.165) is 0 Å². The van der Waals surface area contributed by atoms with Crippen molar-refractivity contribution in [3.63, 3.8) is 0 Å². The number of aromatic nitrogens is 1. The molecule has 0 aliphatic heterocycles. The van der Waals surface area contributed by atoms with E-state index in [1.807, 2.05) is 0 Å². The van der Waals surface area contributed by atoms with Crippen LogP contribution >= 0.6 is 15.9 Å². The fraction of sp³-hybridized carbons (Fsp3) is 0.0714. The lowest BCUT2D eigenvalue weighted by Gasteiger charge is -2.09. The predicted molar refractivity (Wildman–Crippen MR) is 79.8 cm³/mol. The van der Waals surface area contributed by atoms with Crippen LogP contribution in [0.2, 0.25) is 0 Å². The Morgan fingerprint density at radius 1 is 1.29 bits per heavy atom. The first kappa shape index (κ1) is 15.0. The fourth-order valence-electron chi connectivity index (χ4n) is 1.66. The largest absolute Gasteiger partial charge is 0.497 e. The molecule has 6 nitrogen and oxygen atoms in total. The van der Waals surface area contributed by atoms with Gasteiger partial charge in [-0.1, -0.05) is 0 Å². The van der Waals surface area contributed by atoms with Crippen LogP contribution in [0.1, 0.15) is 20.7 Å². The van der Waals surface area contributed by atoms with Crippen LogP contribution in [0.25, 0.3) is 0 Å². The van der Waals surface area contributed by atoms with Crippen molar-refractivity contribution in [2.24, 2.45) is 0 Å². The van der Waals surface area contributed by atoms with Gasteiger partial charge in [0.25, 0.3) is 5.91 Å². The number of aromatic carboxylic acids is 1. The molecule has 1 aromatic carbocycles. The minimum Gasteiger partial charge on any atom is -0.497 e. The number of halogens is 1. The van der Waals surface area contributed by atoms with E-state index in [1.54, 1.807) is 18.2 Å². The van der Waals surface area contributed by atoms with Crippen LogP contribution in [0, 0.1) is 0 Å². The van der Waals surface area contributed by atoms with E-state index in [-0.39, 0.29) is 11.4 Å². The number of nitrogens with one attached hydrogen (secondary N) is 1. The normalized spacial score (nSPS) is 10.0. The Morgan fingerprint density at radius 2 is 2.05 bits per heavy atom. The van der Waals surface area contributed by atoms with E-state index in [9.17, 15) is 9.59 Å². The van der Waals surface area contributed by atoms with E-state index in [1.165, 1.54) is 25.4 Å². The molecule has 0 bridgehead atoms. The Hall–Kier alpha value is -2.41. The molecule has 0 fully saturated rings. The lowest BCUT2D eigenvalue weighted by atomic mass is 10.2. The second-order valence-corrected chi connectivity index (χ2v) is 4.86. The highest BCUT2D eigenvalue weighted by Gasteiger charge is 2.16. The van der Waals surface area contributed by atoms with Gasteiger partial charge in [-0.3, -0.25) is 4.79 Å². The number of benzene rings is 1. The number of hydrogen-bond acceptors (Lipinski definition) is 4. The van der Waals surface area contributed by atoms with Gasteiger partial charge in [0.2, 0.25) is 0 Å². The second-order valence-electron chi connectivity index (χ2n) is 4.00. The zero-order chi connectivity index (χ0) is 15.4. The van der Waals surface area contributed by atoms with Crippen LogP contribution in [0.5, 0.6) is 5.75 Å². The van der Waals surface area contributed by atoms with Crippen molar-refractivity contribution in [3.05, 3.63) is 52.1 Å². The summed E-state index contributed by atoms with van der Waals surface area (Å²) in [5, 5.41) is 11.5. The van der Waals surface area contributed by atoms with Crippen molar-refractivity contribution < 1.29 is 19.4 Å². The molecule has 0 aliphatic rings. The number of carboxylic acid groups (broad SMARTS) is 1. The van der Waals surface area contributed by atoms with Crippen molar-refractivity contribution in [3.8, 4) is 5.75 Å². The monoisotopic (exact) mass is 350 g/mol. The third-order valence-electron chi connectivity index (χ3n) is 2.69. The van der Waals surface area contributed by atoms with E-state index in [4.69, 9.17) is 9.84 Å². The van der Waals surface area contributed by atoms with Crippen LogP contribution in [0.15, 0.2) is 41.0 Å². The van der Waals surface area contributed by atoms with Crippen LogP contribution < -0.4 is 10.1 Å². The topological polar surface area (TPSA) is 88.5 Å². The number of anilines is 1. The number of amides is 1. The Labute approximate surface area is 128 Å². The van der Waals surface area contributed by atoms with Crippen LogP contribution in [-0.4, -0.2) is 29.1 Å². The van der Waals surface area contributed by atoms with Crippen LogP contribution in [0.4, 0.5) is 5.82 Å². The van der Waals surface area contributed by atoms with E-state index in [0.29, 0.717) is 15.8 Å². The van der Waals surface area contributed by atoms with Gasteiger partial charge in [0.05, 0.1) is 12.7 Å². The van der Waals surface area contributed by atoms with Gasteiger partial charge in [-0.2, -0.15) is 0 Å². The highest BCUT2D eigenvalue weighted by atomic mass is 79.9. The number of ether oxygens (including phenoxy) is 1.